The Bertz CT molecular complexity index is 1080. The van der Waals surface area contributed by atoms with Crippen LogP contribution in [0.1, 0.15) is 17.3 Å². The van der Waals surface area contributed by atoms with Crippen LogP contribution in [-0.2, 0) is 0 Å². The molecule has 2 unspecified atom stereocenters. The van der Waals surface area contributed by atoms with Crippen LogP contribution in [0.3, 0.4) is 0 Å². The quantitative estimate of drug-likeness (QED) is 0.442. The first-order valence-corrected chi connectivity index (χ1v) is 11.1. The second-order valence-electron chi connectivity index (χ2n) is 7.15. The minimum Gasteiger partial charge on any atom is -0.495 e. The van der Waals surface area contributed by atoms with Crippen LogP contribution in [0, 0.1) is 6.92 Å². The molecule has 31 heavy (non-hydrogen) atoms. The third kappa shape index (κ3) is 4.71. The summed E-state index contributed by atoms with van der Waals surface area (Å²) in [6.45, 7) is 1.84. The number of aryl methyl sites for hydroxylation is 1. The molecule has 0 aliphatic carbocycles. The van der Waals surface area contributed by atoms with Gasteiger partial charge in [0, 0.05) is 22.5 Å². The van der Waals surface area contributed by atoms with E-state index < -0.39 is 23.6 Å². The molecule has 0 saturated carbocycles. The average Bonchev–Trinajstić information content (AvgIpc) is 2.71. The molecular formula is C22H22ClF3N2O2S. The number of nitrogens with zero attached hydrogens (tertiary/aromatic N) is 1. The topological polar surface area (TPSA) is 54.4 Å². The monoisotopic (exact) mass is 470 g/mol. The lowest BCUT2D eigenvalue weighted by Crippen LogP contribution is -2.54. The lowest BCUT2D eigenvalue weighted by atomic mass is 9.88. The molecule has 0 fully saturated rings. The van der Waals surface area contributed by atoms with Crippen molar-refractivity contribution >= 4 is 40.0 Å². The van der Waals surface area contributed by atoms with Crippen molar-refractivity contribution in [3.63, 3.8) is 0 Å². The molecule has 2 atom stereocenters. The summed E-state index contributed by atoms with van der Waals surface area (Å²) in [4.78, 5) is 4.43. The fourth-order valence-electron chi connectivity index (χ4n) is 3.43. The Morgan fingerprint density at radius 1 is 1.19 bits per heavy atom. The second kappa shape index (κ2) is 9.14. The second-order valence-corrected chi connectivity index (χ2v) is 8.42. The van der Waals surface area contributed by atoms with Gasteiger partial charge >= 0.3 is 6.18 Å². The Labute approximate surface area is 187 Å². The number of aromatic nitrogens is 1. The van der Waals surface area contributed by atoms with Crippen LogP contribution in [0.15, 0.2) is 48.5 Å². The van der Waals surface area contributed by atoms with E-state index in [4.69, 9.17) is 16.3 Å². The maximum Gasteiger partial charge on any atom is 0.420 e. The predicted molar refractivity (Wildman–Crippen MR) is 120 cm³/mol. The molecule has 2 aromatic carbocycles. The molecule has 0 aliphatic heterocycles. The fourth-order valence-corrected chi connectivity index (χ4v) is 4.46. The minimum absolute atomic E-state index is 0.149. The number of aliphatic hydroxyl groups is 1. The number of anilines is 1. The van der Waals surface area contributed by atoms with Gasteiger partial charge in [-0.15, -0.1) is 0 Å². The largest absolute Gasteiger partial charge is 0.495 e. The number of alkyl halides is 3. The van der Waals surface area contributed by atoms with Gasteiger partial charge in [0.15, 0.2) is 5.60 Å². The molecule has 2 N–H and O–H groups in total. The third-order valence-corrected chi connectivity index (χ3v) is 6.04. The summed E-state index contributed by atoms with van der Waals surface area (Å²) in [6.07, 6.45) is -3.39. The van der Waals surface area contributed by atoms with Crippen molar-refractivity contribution in [2.75, 3.05) is 24.4 Å². The van der Waals surface area contributed by atoms with E-state index in [1.54, 1.807) is 30.3 Å². The zero-order valence-corrected chi connectivity index (χ0v) is 18.7. The number of ether oxygens (including phenoxy) is 1. The van der Waals surface area contributed by atoms with Gasteiger partial charge in [-0.1, -0.05) is 23.7 Å². The van der Waals surface area contributed by atoms with Crippen molar-refractivity contribution in [3.8, 4) is 5.75 Å². The summed E-state index contributed by atoms with van der Waals surface area (Å²) in [5.74, 6) is -0.241. The SMILES string of the molecule is COc1ccc(C(Nc2cccc3nc(C)ccc23)C(O)(CSC)C(F)(F)F)cc1Cl. The summed E-state index contributed by atoms with van der Waals surface area (Å²) in [6, 6.07) is 11.5. The van der Waals surface area contributed by atoms with Crippen molar-refractivity contribution in [2.24, 2.45) is 0 Å². The number of hydrogen-bond acceptors (Lipinski definition) is 5. The van der Waals surface area contributed by atoms with E-state index in [0.29, 0.717) is 22.3 Å². The Morgan fingerprint density at radius 3 is 2.55 bits per heavy atom. The number of benzene rings is 2. The highest BCUT2D eigenvalue weighted by atomic mass is 35.5. The highest BCUT2D eigenvalue weighted by Crippen LogP contribution is 2.45. The number of methoxy groups -OCH3 is 1. The van der Waals surface area contributed by atoms with Crippen LogP contribution < -0.4 is 10.1 Å². The zero-order valence-electron chi connectivity index (χ0n) is 17.1. The van der Waals surface area contributed by atoms with Gasteiger partial charge in [-0.2, -0.15) is 24.9 Å². The summed E-state index contributed by atoms with van der Waals surface area (Å²) in [5.41, 5.74) is -1.04. The number of rotatable bonds is 7. The highest BCUT2D eigenvalue weighted by Gasteiger charge is 2.59. The lowest BCUT2D eigenvalue weighted by molar-refractivity contribution is -0.256. The Kier molecular flexibility index (Phi) is 6.93. The molecule has 3 rings (SSSR count). The maximum absolute atomic E-state index is 14.2. The predicted octanol–water partition coefficient (Wildman–Crippen LogP) is 6.01. The zero-order chi connectivity index (χ0) is 22.8. The van der Waals surface area contributed by atoms with E-state index in [1.807, 2.05) is 6.92 Å². The van der Waals surface area contributed by atoms with Crippen molar-refractivity contribution < 1.29 is 23.0 Å². The molecule has 4 nitrogen and oxygen atoms in total. The number of hydrogen-bond donors (Lipinski definition) is 2. The minimum atomic E-state index is -4.90. The Morgan fingerprint density at radius 2 is 1.94 bits per heavy atom. The number of halogens is 4. The Hall–Kier alpha value is -2.16. The van der Waals surface area contributed by atoms with E-state index in [1.165, 1.54) is 31.6 Å². The molecule has 0 radical (unpaired) electrons. The number of nitrogens with one attached hydrogen (secondary N) is 1. The maximum atomic E-state index is 14.2. The van der Waals surface area contributed by atoms with Gasteiger partial charge in [0.25, 0.3) is 0 Å². The number of thioether (sulfide) groups is 1. The van der Waals surface area contributed by atoms with E-state index in [-0.39, 0.29) is 10.6 Å². The molecule has 0 bridgehead atoms. The van der Waals surface area contributed by atoms with Crippen LogP contribution in [0.25, 0.3) is 10.9 Å². The van der Waals surface area contributed by atoms with Crippen molar-refractivity contribution in [1.29, 1.82) is 0 Å². The third-order valence-electron chi connectivity index (χ3n) is 5.01. The van der Waals surface area contributed by atoms with Gasteiger partial charge in [-0.3, -0.25) is 4.98 Å². The molecule has 0 saturated heterocycles. The number of fused-ring (bicyclic) bond motifs is 1. The van der Waals surface area contributed by atoms with Crippen LogP contribution in [0.2, 0.25) is 5.02 Å². The van der Waals surface area contributed by atoms with Crippen molar-refractivity contribution in [3.05, 3.63) is 64.8 Å². The normalized spacial score (nSPS) is 14.8. The van der Waals surface area contributed by atoms with Crippen LogP contribution in [0.5, 0.6) is 5.75 Å². The van der Waals surface area contributed by atoms with Gasteiger partial charge in [0.2, 0.25) is 0 Å². The lowest BCUT2D eigenvalue weighted by Gasteiger charge is -2.38. The first-order valence-electron chi connectivity index (χ1n) is 9.35. The smallest absolute Gasteiger partial charge is 0.420 e. The van der Waals surface area contributed by atoms with E-state index in [9.17, 15) is 18.3 Å². The van der Waals surface area contributed by atoms with E-state index in [2.05, 4.69) is 10.3 Å². The Balaban J connectivity index is 2.18. The first kappa shape index (κ1) is 23.5. The van der Waals surface area contributed by atoms with E-state index in [0.717, 1.165) is 17.5 Å². The van der Waals surface area contributed by atoms with Crippen LogP contribution in [0.4, 0.5) is 18.9 Å². The summed E-state index contributed by atoms with van der Waals surface area (Å²) >= 11 is 7.11. The van der Waals surface area contributed by atoms with Gasteiger partial charge in [-0.05, 0) is 55.1 Å². The fraction of sp³-hybridized carbons (Fsp3) is 0.318. The summed E-state index contributed by atoms with van der Waals surface area (Å²) in [7, 11) is 1.42. The summed E-state index contributed by atoms with van der Waals surface area (Å²) in [5, 5.41) is 14.7. The van der Waals surface area contributed by atoms with Gasteiger partial charge in [-0.25, -0.2) is 0 Å². The molecule has 1 heterocycles. The molecule has 0 aliphatic rings. The molecule has 0 amide bonds. The molecule has 1 aromatic heterocycles. The van der Waals surface area contributed by atoms with Crippen molar-refractivity contribution in [1.82, 2.24) is 4.98 Å². The standard InChI is InChI=1S/C22H22ClF3N2O2S/c1-13-7-9-15-17(27-13)5-4-6-18(15)28-20(21(29,12-31-3)22(24,25)26)14-8-10-19(30-2)16(23)11-14/h4-11,20,28-29H,12H2,1-3H3. The van der Waals surface area contributed by atoms with Crippen LogP contribution >= 0.6 is 23.4 Å². The molecular weight excluding hydrogens is 449 g/mol. The molecule has 0 spiro atoms. The summed E-state index contributed by atoms with van der Waals surface area (Å²) < 4.78 is 47.6. The van der Waals surface area contributed by atoms with Gasteiger partial charge < -0.3 is 15.2 Å². The average molecular weight is 471 g/mol. The van der Waals surface area contributed by atoms with Gasteiger partial charge in [0.1, 0.15) is 5.75 Å². The van der Waals surface area contributed by atoms with Crippen molar-refractivity contribution in [2.45, 2.75) is 24.7 Å². The highest BCUT2D eigenvalue weighted by molar-refractivity contribution is 7.98. The van der Waals surface area contributed by atoms with E-state index >= 15 is 0 Å². The van der Waals surface area contributed by atoms with Gasteiger partial charge in [0.05, 0.1) is 23.7 Å². The molecule has 3 aromatic rings. The first-order chi connectivity index (χ1) is 14.6. The number of pyridine rings is 1. The molecule has 9 heteroatoms. The molecule has 166 valence electrons. The van der Waals surface area contributed by atoms with Crippen LogP contribution in [-0.4, -0.2) is 41.0 Å².